The van der Waals surface area contributed by atoms with E-state index in [4.69, 9.17) is 9.98 Å². The van der Waals surface area contributed by atoms with Gasteiger partial charge in [0.05, 0.1) is 6.34 Å². The maximum Gasteiger partial charge on any atom is 0.205 e. The summed E-state index contributed by atoms with van der Waals surface area (Å²) in [6, 6.07) is 20.0. The van der Waals surface area contributed by atoms with Gasteiger partial charge in [-0.1, -0.05) is 95.8 Å². The number of rotatable bonds is 5. The van der Waals surface area contributed by atoms with E-state index in [1.807, 2.05) is 66.7 Å². The molecule has 3 rings (SSSR count). The largest absolute Gasteiger partial charge is 0.331 e. The Labute approximate surface area is 156 Å². The molecule has 1 unspecified atom stereocenters. The second kappa shape index (κ2) is 7.45. The van der Waals surface area contributed by atoms with Crippen molar-refractivity contribution in [3.8, 4) is 0 Å². The van der Waals surface area contributed by atoms with Crippen molar-refractivity contribution >= 4 is 28.1 Å². The number of amidine groups is 1. The van der Waals surface area contributed by atoms with Crippen molar-refractivity contribution in [2.45, 2.75) is 5.66 Å². The van der Waals surface area contributed by atoms with E-state index in [9.17, 15) is 0 Å². The summed E-state index contributed by atoms with van der Waals surface area (Å²) >= 11 is 3.40. The molecule has 25 heavy (non-hydrogen) atoms. The Morgan fingerprint density at radius 2 is 1.68 bits per heavy atom. The highest BCUT2D eigenvalue weighted by molar-refractivity contribution is 9.11. The van der Waals surface area contributed by atoms with Crippen molar-refractivity contribution in [3.05, 3.63) is 107 Å². The third kappa shape index (κ3) is 3.54. The van der Waals surface area contributed by atoms with Gasteiger partial charge in [-0.15, -0.1) is 0 Å². The van der Waals surface area contributed by atoms with Gasteiger partial charge in [0.2, 0.25) is 5.66 Å². The molecule has 0 amide bonds. The molecule has 2 aromatic rings. The molecule has 1 N–H and O–H groups in total. The summed E-state index contributed by atoms with van der Waals surface area (Å²) in [6.07, 6.45) is 5.36. The molecule has 3 nitrogen and oxygen atoms in total. The summed E-state index contributed by atoms with van der Waals surface area (Å²) in [4.78, 5) is 9.69. The first-order chi connectivity index (χ1) is 12.2. The zero-order chi connectivity index (χ0) is 17.7. The third-order valence-corrected chi connectivity index (χ3v) is 4.11. The van der Waals surface area contributed by atoms with Crippen molar-refractivity contribution < 1.29 is 0 Å². The highest BCUT2D eigenvalue weighted by Crippen LogP contribution is 2.38. The predicted octanol–water partition coefficient (Wildman–Crippen LogP) is 4.94. The van der Waals surface area contributed by atoms with Crippen LogP contribution in [0.5, 0.6) is 0 Å². The van der Waals surface area contributed by atoms with Gasteiger partial charge >= 0.3 is 0 Å². The number of aliphatic imine (C=N–C) groups is 2. The van der Waals surface area contributed by atoms with Crippen LogP contribution in [0.25, 0.3) is 0 Å². The van der Waals surface area contributed by atoms with Crippen LogP contribution in [-0.2, 0) is 5.66 Å². The van der Waals surface area contributed by atoms with Crippen molar-refractivity contribution in [1.29, 1.82) is 0 Å². The fourth-order valence-corrected chi connectivity index (χ4v) is 2.99. The van der Waals surface area contributed by atoms with Crippen molar-refractivity contribution in [3.63, 3.8) is 0 Å². The Bertz CT molecular complexity index is 867. The van der Waals surface area contributed by atoms with Crippen LogP contribution in [0.3, 0.4) is 0 Å². The van der Waals surface area contributed by atoms with Crippen LogP contribution in [0.2, 0.25) is 0 Å². The van der Waals surface area contributed by atoms with E-state index in [0.717, 1.165) is 27.0 Å². The van der Waals surface area contributed by atoms with Crippen molar-refractivity contribution in [1.82, 2.24) is 5.32 Å². The van der Waals surface area contributed by atoms with Crippen LogP contribution in [0.15, 0.2) is 106 Å². The van der Waals surface area contributed by atoms with E-state index >= 15 is 0 Å². The van der Waals surface area contributed by atoms with E-state index in [1.165, 1.54) is 0 Å². The van der Waals surface area contributed by atoms with Gasteiger partial charge < -0.3 is 5.32 Å². The molecule has 0 bridgehead atoms. The zero-order valence-electron chi connectivity index (χ0n) is 13.7. The number of halogens is 1. The summed E-state index contributed by atoms with van der Waals surface area (Å²) in [5.74, 6) is 0.757. The molecule has 0 aliphatic carbocycles. The molecule has 1 aliphatic heterocycles. The van der Waals surface area contributed by atoms with E-state index < -0.39 is 5.66 Å². The summed E-state index contributed by atoms with van der Waals surface area (Å²) in [5.41, 5.74) is 1.89. The normalized spacial score (nSPS) is 19.7. The second-order valence-electron chi connectivity index (χ2n) is 5.52. The lowest BCUT2D eigenvalue weighted by molar-refractivity contribution is 0.566. The van der Waals surface area contributed by atoms with Crippen LogP contribution in [0.4, 0.5) is 0 Å². The maximum absolute atomic E-state index is 4.98. The average Bonchev–Trinajstić information content (AvgIpc) is 2.67. The van der Waals surface area contributed by atoms with Gasteiger partial charge in [0.25, 0.3) is 0 Å². The van der Waals surface area contributed by atoms with Gasteiger partial charge in [-0.05, 0) is 6.08 Å². The minimum absolute atomic E-state index is 0.739. The lowest BCUT2D eigenvalue weighted by Crippen LogP contribution is -2.36. The van der Waals surface area contributed by atoms with Gasteiger partial charge in [-0.3, -0.25) is 0 Å². The van der Waals surface area contributed by atoms with Crippen LogP contribution in [0.1, 0.15) is 11.1 Å². The lowest BCUT2D eigenvalue weighted by atomic mass is 9.90. The highest BCUT2D eigenvalue weighted by Gasteiger charge is 2.36. The van der Waals surface area contributed by atoms with Gasteiger partial charge in [0, 0.05) is 21.2 Å². The second-order valence-corrected chi connectivity index (χ2v) is 6.54. The van der Waals surface area contributed by atoms with Crippen LogP contribution in [0, 0.1) is 0 Å². The molecule has 0 saturated heterocycles. The van der Waals surface area contributed by atoms with E-state index in [0.29, 0.717) is 0 Å². The third-order valence-electron chi connectivity index (χ3n) is 3.88. The summed E-state index contributed by atoms with van der Waals surface area (Å²) < 4.78 is 0.739. The molecule has 0 radical (unpaired) electrons. The molecule has 2 aromatic carbocycles. The summed E-state index contributed by atoms with van der Waals surface area (Å²) in [6.45, 7) is 7.88. The first-order valence-corrected chi connectivity index (χ1v) is 8.65. The SMILES string of the molecule is C=C/C(=C\C(=C)Br)C1(c2ccccc2)N=CNC(c2ccccc2)=N1. The molecule has 0 aromatic heterocycles. The Morgan fingerprint density at radius 3 is 2.28 bits per heavy atom. The quantitative estimate of drug-likeness (QED) is 0.719. The topological polar surface area (TPSA) is 36.8 Å². The Morgan fingerprint density at radius 1 is 1.04 bits per heavy atom. The highest BCUT2D eigenvalue weighted by atomic mass is 79.9. The average molecular weight is 392 g/mol. The molecule has 1 aliphatic rings. The predicted molar refractivity (Wildman–Crippen MR) is 109 cm³/mol. The van der Waals surface area contributed by atoms with Crippen LogP contribution >= 0.6 is 15.9 Å². The molecule has 1 heterocycles. The van der Waals surface area contributed by atoms with Crippen LogP contribution in [-0.4, -0.2) is 12.2 Å². The first kappa shape index (κ1) is 17.1. The number of hydrogen-bond donors (Lipinski definition) is 1. The number of benzene rings is 2. The molecule has 0 saturated carbocycles. The monoisotopic (exact) mass is 391 g/mol. The minimum atomic E-state index is -0.907. The summed E-state index contributed by atoms with van der Waals surface area (Å²) in [5, 5.41) is 3.15. The molecule has 0 spiro atoms. The lowest BCUT2D eigenvalue weighted by Gasteiger charge is -2.31. The standard InChI is InChI=1S/C21H18BrN3/c1-3-18(14-16(2)22)21(19-12-8-5-9-13-19)24-15-23-20(25-21)17-10-6-4-7-11-17/h3-15H,1-2H2,(H,23,24,25)/b18-14+. The molecule has 124 valence electrons. The smallest absolute Gasteiger partial charge is 0.205 e. The van der Waals surface area contributed by atoms with Crippen molar-refractivity contribution in [2.75, 3.05) is 0 Å². The van der Waals surface area contributed by atoms with E-state index in [2.05, 4.69) is 34.4 Å². The number of nitrogens with zero attached hydrogens (tertiary/aromatic N) is 2. The van der Waals surface area contributed by atoms with Gasteiger partial charge in [0.15, 0.2) is 0 Å². The van der Waals surface area contributed by atoms with Gasteiger partial charge in [-0.2, -0.15) is 0 Å². The van der Waals surface area contributed by atoms with Gasteiger partial charge in [-0.25, -0.2) is 9.98 Å². The Hall–Kier alpha value is -2.72. The fourth-order valence-electron chi connectivity index (χ4n) is 2.74. The minimum Gasteiger partial charge on any atom is -0.331 e. The first-order valence-electron chi connectivity index (χ1n) is 7.86. The number of allylic oxidation sites excluding steroid dienone is 2. The van der Waals surface area contributed by atoms with Crippen molar-refractivity contribution in [2.24, 2.45) is 9.98 Å². The number of hydrogen-bond acceptors (Lipinski definition) is 3. The van der Waals surface area contributed by atoms with Crippen LogP contribution < -0.4 is 5.32 Å². The number of nitrogens with one attached hydrogen (secondary N) is 1. The van der Waals surface area contributed by atoms with Gasteiger partial charge in [0.1, 0.15) is 5.84 Å². The summed E-state index contributed by atoms with van der Waals surface area (Å²) in [7, 11) is 0. The Balaban J connectivity index is 2.23. The maximum atomic E-state index is 4.98. The zero-order valence-corrected chi connectivity index (χ0v) is 15.3. The molecule has 4 heteroatoms. The fraction of sp³-hybridized carbons (Fsp3) is 0.0476. The molecule has 0 fully saturated rings. The molecular formula is C21H18BrN3. The Kier molecular flexibility index (Phi) is 5.10. The molecule has 1 atom stereocenters. The molecular weight excluding hydrogens is 374 g/mol. The van der Waals surface area contributed by atoms with E-state index in [1.54, 1.807) is 12.4 Å². The van der Waals surface area contributed by atoms with E-state index in [-0.39, 0.29) is 0 Å².